The number of ether oxygens (including phenoxy) is 1. The Balaban J connectivity index is 2.49. The smallest absolute Gasteiger partial charge is 0.0862 e. The van der Waals surface area contributed by atoms with Gasteiger partial charge in [-0.15, -0.1) is 0 Å². The summed E-state index contributed by atoms with van der Waals surface area (Å²) in [6, 6.07) is 0. The van der Waals surface area contributed by atoms with E-state index in [-0.39, 0.29) is 12.8 Å². The molecule has 1 aliphatic rings. The van der Waals surface area contributed by atoms with E-state index in [1.54, 1.807) is 0 Å². The van der Waals surface area contributed by atoms with Crippen LogP contribution in [0.25, 0.3) is 0 Å². The lowest BCUT2D eigenvalue weighted by Gasteiger charge is -2.39. The lowest BCUT2D eigenvalue weighted by atomic mass is 10.3. The van der Waals surface area contributed by atoms with Gasteiger partial charge in [-0.1, -0.05) is 13.8 Å². The molecule has 0 aliphatic carbocycles. The van der Waals surface area contributed by atoms with Gasteiger partial charge in [-0.05, 0) is 13.1 Å². The summed E-state index contributed by atoms with van der Waals surface area (Å²) < 4.78 is 5.30. The van der Waals surface area contributed by atoms with Crippen molar-refractivity contribution in [2.45, 2.75) is 20.0 Å². The molecule has 1 N–H and O–H groups in total. The molecule has 0 aromatic heterocycles. The molecule has 0 bridgehead atoms. The van der Waals surface area contributed by atoms with Crippen LogP contribution in [0, 0.1) is 0 Å². The molecule has 0 saturated carbocycles. The fraction of sp³-hybridized carbons (Fsp3) is 1.00. The zero-order valence-corrected chi connectivity index (χ0v) is 9.28. The molecule has 84 valence electrons. The van der Waals surface area contributed by atoms with Crippen molar-refractivity contribution < 1.29 is 9.84 Å². The molecule has 1 rings (SSSR count). The van der Waals surface area contributed by atoms with Crippen LogP contribution in [0.4, 0.5) is 0 Å². The third-order valence-electron chi connectivity index (χ3n) is 2.86. The third kappa shape index (κ3) is 2.92. The Kier molecular flexibility index (Phi) is 5.40. The molecule has 1 heterocycles. The highest BCUT2D eigenvalue weighted by Crippen LogP contribution is 2.08. The lowest BCUT2D eigenvalue weighted by molar-refractivity contribution is -0.0502. The topological polar surface area (TPSA) is 35.9 Å². The second kappa shape index (κ2) is 6.35. The molecule has 14 heavy (non-hydrogen) atoms. The van der Waals surface area contributed by atoms with Gasteiger partial charge in [0.25, 0.3) is 0 Å². The zero-order valence-electron chi connectivity index (χ0n) is 9.28. The van der Waals surface area contributed by atoms with Crippen LogP contribution >= 0.6 is 0 Å². The molecule has 1 unspecified atom stereocenters. The van der Waals surface area contributed by atoms with E-state index in [2.05, 4.69) is 23.6 Å². The maximum atomic E-state index is 9.39. The Bertz CT molecular complexity index is 145. The van der Waals surface area contributed by atoms with Gasteiger partial charge in [-0.2, -0.15) is 0 Å². The average molecular weight is 202 g/mol. The fourth-order valence-corrected chi connectivity index (χ4v) is 1.98. The lowest BCUT2D eigenvalue weighted by Crippen LogP contribution is -2.54. The van der Waals surface area contributed by atoms with Crippen LogP contribution < -0.4 is 0 Å². The van der Waals surface area contributed by atoms with Crippen LogP contribution in [0.1, 0.15) is 13.8 Å². The average Bonchev–Trinajstić information content (AvgIpc) is 2.27. The molecule has 1 fully saturated rings. The summed E-state index contributed by atoms with van der Waals surface area (Å²) in [6.45, 7) is 9.89. The van der Waals surface area contributed by atoms with E-state index in [1.807, 2.05) is 0 Å². The molecular weight excluding hydrogens is 180 g/mol. The molecule has 4 heteroatoms. The summed E-state index contributed by atoms with van der Waals surface area (Å²) in [4.78, 5) is 4.59. The van der Waals surface area contributed by atoms with E-state index >= 15 is 0 Å². The fourth-order valence-electron chi connectivity index (χ4n) is 1.98. The van der Waals surface area contributed by atoms with Crippen molar-refractivity contribution in [1.82, 2.24) is 9.80 Å². The van der Waals surface area contributed by atoms with Crippen molar-refractivity contribution in [3.05, 3.63) is 0 Å². The van der Waals surface area contributed by atoms with Crippen LogP contribution in [-0.4, -0.2) is 67.1 Å². The number of aliphatic hydroxyl groups is 1. The van der Waals surface area contributed by atoms with Gasteiger partial charge in [0.2, 0.25) is 0 Å². The van der Waals surface area contributed by atoms with Crippen molar-refractivity contribution in [2.75, 3.05) is 46.0 Å². The van der Waals surface area contributed by atoms with Crippen LogP contribution in [0.3, 0.4) is 0 Å². The first kappa shape index (κ1) is 11.9. The summed E-state index contributed by atoms with van der Waals surface area (Å²) in [6.07, 6.45) is 0.175. The molecular formula is C10H22N2O2. The molecule has 4 nitrogen and oxygen atoms in total. The summed E-state index contributed by atoms with van der Waals surface area (Å²) >= 11 is 0. The van der Waals surface area contributed by atoms with E-state index < -0.39 is 0 Å². The summed E-state index contributed by atoms with van der Waals surface area (Å²) in [5.41, 5.74) is 0. The normalized spacial score (nSPS) is 21.4. The van der Waals surface area contributed by atoms with E-state index in [0.717, 1.165) is 39.4 Å². The minimum Gasteiger partial charge on any atom is -0.393 e. The maximum absolute atomic E-state index is 9.39. The number of likely N-dealkylation sites (N-methyl/N-ethyl adjacent to an activating group) is 1. The van der Waals surface area contributed by atoms with Crippen LogP contribution in [0.2, 0.25) is 0 Å². The van der Waals surface area contributed by atoms with Gasteiger partial charge >= 0.3 is 0 Å². The van der Waals surface area contributed by atoms with Crippen molar-refractivity contribution in [2.24, 2.45) is 0 Å². The number of hydrogen-bond acceptors (Lipinski definition) is 4. The van der Waals surface area contributed by atoms with Gasteiger partial charge in [0, 0.05) is 13.1 Å². The SMILES string of the molecule is CCN(CC)C(CO)N1CCOCC1. The van der Waals surface area contributed by atoms with E-state index in [0.29, 0.717) is 0 Å². The third-order valence-corrected chi connectivity index (χ3v) is 2.86. The van der Waals surface area contributed by atoms with Gasteiger partial charge in [-0.25, -0.2) is 0 Å². The molecule has 0 aromatic carbocycles. The van der Waals surface area contributed by atoms with Crippen LogP contribution in [0.5, 0.6) is 0 Å². The Labute approximate surface area is 86.4 Å². The molecule has 1 aliphatic heterocycles. The van der Waals surface area contributed by atoms with Gasteiger partial charge in [0.1, 0.15) is 0 Å². The monoisotopic (exact) mass is 202 g/mol. The Morgan fingerprint density at radius 2 is 1.86 bits per heavy atom. The zero-order chi connectivity index (χ0) is 10.4. The molecule has 0 spiro atoms. The largest absolute Gasteiger partial charge is 0.393 e. The summed E-state index contributed by atoms with van der Waals surface area (Å²) in [5.74, 6) is 0. The number of rotatable bonds is 5. The van der Waals surface area contributed by atoms with Gasteiger partial charge in [0.15, 0.2) is 0 Å². The second-order valence-electron chi connectivity index (χ2n) is 3.53. The van der Waals surface area contributed by atoms with Gasteiger partial charge in [-0.3, -0.25) is 9.80 Å². The summed E-state index contributed by atoms with van der Waals surface area (Å²) in [5, 5.41) is 9.39. The minimum absolute atomic E-state index is 0.175. The molecule has 1 saturated heterocycles. The van der Waals surface area contributed by atoms with Gasteiger partial charge < -0.3 is 9.84 Å². The molecule has 0 aromatic rings. The highest BCUT2D eigenvalue weighted by Gasteiger charge is 2.23. The Morgan fingerprint density at radius 3 is 2.29 bits per heavy atom. The number of nitrogens with zero attached hydrogens (tertiary/aromatic N) is 2. The van der Waals surface area contributed by atoms with Crippen molar-refractivity contribution in [3.8, 4) is 0 Å². The van der Waals surface area contributed by atoms with Crippen LogP contribution in [-0.2, 0) is 4.74 Å². The van der Waals surface area contributed by atoms with Crippen molar-refractivity contribution in [1.29, 1.82) is 0 Å². The highest BCUT2D eigenvalue weighted by molar-refractivity contribution is 4.73. The first-order valence-electron chi connectivity index (χ1n) is 5.50. The first-order chi connectivity index (χ1) is 6.83. The quantitative estimate of drug-likeness (QED) is 0.679. The van der Waals surface area contributed by atoms with E-state index in [9.17, 15) is 5.11 Å². The van der Waals surface area contributed by atoms with Crippen molar-refractivity contribution in [3.63, 3.8) is 0 Å². The highest BCUT2D eigenvalue weighted by atomic mass is 16.5. The molecule has 0 radical (unpaired) electrons. The van der Waals surface area contributed by atoms with Crippen molar-refractivity contribution >= 4 is 0 Å². The molecule has 1 atom stereocenters. The van der Waals surface area contributed by atoms with Crippen LogP contribution in [0.15, 0.2) is 0 Å². The predicted octanol–water partition coefficient (Wildman–Crippen LogP) is -0.0212. The maximum Gasteiger partial charge on any atom is 0.0862 e. The first-order valence-corrected chi connectivity index (χ1v) is 5.50. The molecule has 0 amide bonds. The van der Waals surface area contributed by atoms with E-state index in [4.69, 9.17) is 4.74 Å². The minimum atomic E-state index is 0.175. The second-order valence-corrected chi connectivity index (χ2v) is 3.53. The standard InChI is InChI=1S/C10H22N2O2/c1-3-11(4-2)10(9-13)12-5-7-14-8-6-12/h10,13H,3-9H2,1-2H3. The Morgan fingerprint density at radius 1 is 1.29 bits per heavy atom. The number of hydrogen-bond donors (Lipinski definition) is 1. The Hall–Kier alpha value is -0.160. The van der Waals surface area contributed by atoms with Gasteiger partial charge in [0.05, 0.1) is 26.0 Å². The van der Waals surface area contributed by atoms with E-state index in [1.165, 1.54) is 0 Å². The predicted molar refractivity (Wildman–Crippen MR) is 56.2 cm³/mol. The number of morpholine rings is 1. The summed E-state index contributed by atoms with van der Waals surface area (Å²) in [7, 11) is 0. The number of aliphatic hydroxyl groups excluding tert-OH is 1.